The number of pyridine rings is 1. The molecule has 4 nitrogen and oxygen atoms in total. The zero-order valence-corrected chi connectivity index (χ0v) is 11.6. The van der Waals surface area contributed by atoms with Crippen LogP contribution in [0.3, 0.4) is 0 Å². The maximum atomic E-state index is 5.90. The molecule has 3 aromatic heterocycles. The van der Waals surface area contributed by atoms with Gasteiger partial charge in [0.25, 0.3) is 0 Å². The van der Waals surface area contributed by atoms with Crippen LogP contribution in [0.25, 0.3) is 11.2 Å². The van der Waals surface area contributed by atoms with Gasteiger partial charge >= 0.3 is 0 Å². The highest BCUT2D eigenvalue weighted by molar-refractivity contribution is 7.71. The van der Waals surface area contributed by atoms with Crippen LogP contribution in [0.15, 0.2) is 23.8 Å². The highest BCUT2D eigenvalue weighted by Crippen LogP contribution is 2.17. The Bertz CT molecular complexity index is 729. The first-order valence-electron chi connectivity index (χ1n) is 5.36. The van der Waals surface area contributed by atoms with E-state index in [9.17, 15) is 0 Å². The predicted molar refractivity (Wildman–Crippen MR) is 75.7 cm³/mol. The van der Waals surface area contributed by atoms with Gasteiger partial charge in [-0.1, -0.05) is 11.6 Å². The van der Waals surface area contributed by atoms with E-state index in [1.165, 1.54) is 0 Å². The van der Waals surface area contributed by atoms with E-state index in [1.807, 2.05) is 22.2 Å². The van der Waals surface area contributed by atoms with E-state index in [-0.39, 0.29) is 0 Å². The molecule has 1 N–H and O–H groups in total. The van der Waals surface area contributed by atoms with Crippen molar-refractivity contribution >= 4 is 46.3 Å². The number of nitrogens with one attached hydrogen (secondary N) is 1. The molecule has 18 heavy (non-hydrogen) atoms. The molecule has 0 saturated heterocycles. The van der Waals surface area contributed by atoms with Gasteiger partial charge in [0.15, 0.2) is 10.4 Å². The van der Waals surface area contributed by atoms with Crippen molar-refractivity contribution in [3.05, 3.63) is 38.6 Å². The van der Waals surface area contributed by atoms with Crippen LogP contribution in [0.2, 0.25) is 5.02 Å². The van der Waals surface area contributed by atoms with Gasteiger partial charge in [-0.3, -0.25) is 0 Å². The molecule has 0 amide bonds. The van der Waals surface area contributed by atoms with Gasteiger partial charge in [-0.05, 0) is 18.3 Å². The van der Waals surface area contributed by atoms with E-state index >= 15 is 0 Å². The maximum Gasteiger partial charge on any atom is 0.179 e. The Hall–Kier alpha value is -1.24. The monoisotopic (exact) mass is 296 g/mol. The number of hydrogen-bond donors (Lipinski definition) is 1. The van der Waals surface area contributed by atoms with Crippen LogP contribution in [0, 0.1) is 4.77 Å². The highest BCUT2D eigenvalue weighted by atomic mass is 35.5. The van der Waals surface area contributed by atoms with E-state index in [0.717, 1.165) is 29.1 Å². The van der Waals surface area contributed by atoms with Gasteiger partial charge in [0, 0.05) is 30.7 Å². The van der Waals surface area contributed by atoms with E-state index in [1.54, 1.807) is 17.5 Å². The molecular weight excluding hydrogens is 288 g/mol. The van der Waals surface area contributed by atoms with E-state index in [2.05, 4.69) is 15.0 Å². The number of rotatable bonds is 3. The molecular formula is C11H9ClN4S2. The number of aromatic amines is 1. The quantitative estimate of drug-likeness (QED) is 0.753. The topological polar surface area (TPSA) is 46.5 Å². The Labute approximate surface area is 117 Å². The summed E-state index contributed by atoms with van der Waals surface area (Å²) < 4.78 is 2.64. The molecule has 0 unspecified atom stereocenters. The Balaban J connectivity index is 1.96. The molecule has 3 heterocycles. The molecule has 3 rings (SSSR count). The number of hydrogen-bond acceptors (Lipinski definition) is 4. The third kappa shape index (κ3) is 2.19. The normalized spacial score (nSPS) is 11.2. The first kappa shape index (κ1) is 11.8. The third-order valence-electron chi connectivity index (χ3n) is 2.61. The molecule has 0 atom stereocenters. The number of imidazole rings is 1. The van der Waals surface area contributed by atoms with Crippen molar-refractivity contribution in [2.75, 3.05) is 0 Å². The number of fused-ring (bicyclic) bond motifs is 1. The summed E-state index contributed by atoms with van der Waals surface area (Å²) >= 11 is 12.9. The van der Waals surface area contributed by atoms with Crippen molar-refractivity contribution in [2.45, 2.75) is 13.0 Å². The minimum Gasteiger partial charge on any atom is -0.329 e. The van der Waals surface area contributed by atoms with Crippen LogP contribution in [-0.2, 0) is 13.0 Å². The second-order valence-electron chi connectivity index (χ2n) is 3.78. The third-order valence-corrected chi connectivity index (χ3v) is 3.98. The molecule has 0 aliphatic carbocycles. The summed E-state index contributed by atoms with van der Waals surface area (Å²) in [4.78, 5) is 11.7. The molecule has 92 valence electrons. The summed E-state index contributed by atoms with van der Waals surface area (Å²) in [5.74, 6) is 0. The van der Waals surface area contributed by atoms with Crippen LogP contribution in [0.4, 0.5) is 0 Å². The van der Waals surface area contributed by atoms with E-state index < -0.39 is 0 Å². The molecule has 0 radical (unpaired) electrons. The molecule has 0 fully saturated rings. The predicted octanol–water partition coefficient (Wildman–Crippen LogP) is 3.45. The SMILES string of the molecule is S=c1[nH]c2cc(Cl)cnc2n1CCc1nccs1. The minimum absolute atomic E-state index is 0.603. The van der Waals surface area contributed by atoms with E-state index in [4.69, 9.17) is 23.8 Å². The van der Waals surface area contributed by atoms with Gasteiger partial charge in [-0.2, -0.15) is 0 Å². The summed E-state index contributed by atoms with van der Waals surface area (Å²) in [7, 11) is 0. The number of H-pyrrole nitrogens is 1. The van der Waals surface area contributed by atoms with Crippen LogP contribution in [-0.4, -0.2) is 19.5 Å². The van der Waals surface area contributed by atoms with Gasteiger partial charge in [0.1, 0.15) is 0 Å². The molecule has 3 aromatic rings. The fourth-order valence-electron chi connectivity index (χ4n) is 1.81. The van der Waals surface area contributed by atoms with Crippen molar-refractivity contribution in [3.63, 3.8) is 0 Å². The number of aryl methyl sites for hydroxylation is 2. The summed E-state index contributed by atoms with van der Waals surface area (Å²) in [6, 6.07) is 1.83. The fraction of sp³-hybridized carbons (Fsp3) is 0.182. The smallest absolute Gasteiger partial charge is 0.179 e. The lowest BCUT2D eigenvalue weighted by molar-refractivity contribution is 0.698. The first-order chi connectivity index (χ1) is 8.74. The van der Waals surface area contributed by atoms with Crippen LogP contribution < -0.4 is 0 Å². The van der Waals surface area contributed by atoms with Gasteiger partial charge in [0.05, 0.1) is 15.5 Å². The van der Waals surface area contributed by atoms with Gasteiger partial charge in [-0.25, -0.2) is 9.97 Å². The van der Waals surface area contributed by atoms with E-state index in [0.29, 0.717) is 9.79 Å². The number of halogens is 1. The van der Waals surface area contributed by atoms with Crippen molar-refractivity contribution in [2.24, 2.45) is 0 Å². The molecule has 7 heteroatoms. The Morgan fingerprint density at radius 3 is 3.11 bits per heavy atom. The Kier molecular flexibility index (Phi) is 3.15. The van der Waals surface area contributed by atoms with Crippen molar-refractivity contribution in [1.29, 1.82) is 0 Å². The number of nitrogens with zero attached hydrogens (tertiary/aromatic N) is 3. The highest BCUT2D eigenvalue weighted by Gasteiger charge is 2.07. The number of aromatic nitrogens is 4. The van der Waals surface area contributed by atoms with Gasteiger partial charge < -0.3 is 9.55 Å². The van der Waals surface area contributed by atoms with Crippen LogP contribution in [0.5, 0.6) is 0 Å². The summed E-state index contributed by atoms with van der Waals surface area (Å²) in [5, 5.41) is 3.67. The van der Waals surface area contributed by atoms with Crippen molar-refractivity contribution in [1.82, 2.24) is 19.5 Å². The number of thiazole rings is 1. The maximum absolute atomic E-state index is 5.90. The first-order valence-corrected chi connectivity index (χ1v) is 7.03. The lowest BCUT2D eigenvalue weighted by Crippen LogP contribution is -2.02. The molecule has 0 spiro atoms. The summed E-state index contributed by atoms with van der Waals surface area (Å²) in [6.45, 7) is 0.765. The average Bonchev–Trinajstić information content (AvgIpc) is 2.93. The van der Waals surface area contributed by atoms with Crippen molar-refractivity contribution < 1.29 is 0 Å². The molecule has 0 aromatic carbocycles. The lowest BCUT2D eigenvalue weighted by atomic mass is 10.4. The summed E-state index contributed by atoms with van der Waals surface area (Å²) in [5.41, 5.74) is 1.70. The van der Waals surface area contributed by atoms with Crippen LogP contribution >= 0.6 is 35.2 Å². The molecule has 0 aliphatic rings. The van der Waals surface area contributed by atoms with Gasteiger partial charge in [-0.15, -0.1) is 11.3 Å². The second-order valence-corrected chi connectivity index (χ2v) is 5.58. The largest absolute Gasteiger partial charge is 0.329 e. The van der Waals surface area contributed by atoms with Gasteiger partial charge in [0.2, 0.25) is 0 Å². The Morgan fingerprint density at radius 2 is 2.33 bits per heavy atom. The minimum atomic E-state index is 0.603. The average molecular weight is 297 g/mol. The molecule has 0 bridgehead atoms. The standard InChI is InChI=1S/C11H9ClN4S2/c12-7-5-8-10(14-6-7)16(11(17)15-8)3-1-9-13-2-4-18-9/h2,4-6H,1,3H2,(H,15,17). The molecule has 0 aliphatic heterocycles. The Morgan fingerprint density at radius 1 is 1.44 bits per heavy atom. The van der Waals surface area contributed by atoms with Crippen LogP contribution in [0.1, 0.15) is 5.01 Å². The lowest BCUT2D eigenvalue weighted by Gasteiger charge is -2.01. The molecule has 0 saturated carbocycles. The zero-order valence-electron chi connectivity index (χ0n) is 9.26. The second kappa shape index (κ2) is 4.79. The van der Waals surface area contributed by atoms with Crippen molar-refractivity contribution in [3.8, 4) is 0 Å². The summed E-state index contributed by atoms with van der Waals surface area (Å²) in [6.07, 6.45) is 4.29. The zero-order chi connectivity index (χ0) is 12.5. The fourth-order valence-corrected chi connectivity index (χ4v) is 2.86.